The number of carbonyl (C=O) groups excluding carboxylic acids is 1. The minimum atomic E-state index is -3.54. The normalized spacial score (nSPS) is 12.9. The van der Waals surface area contributed by atoms with E-state index < -0.39 is 10.0 Å². The molecule has 1 aromatic rings. The number of hydrogen-bond acceptors (Lipinski definition) is 3. The van der Waals surface area contributed by atoms with E-state index in [1.807, 2.05) is 6.92 Å². The SMILES string of the molecule is CCCCCC(C)NC(=O)c1cccc(S(=O)(=O)NCC)c1. The van der Waals surface area contributed by atoms with Crippen molar-refractivity contribution in [3.05, 3.63) is 29.8 Å². The van der Waals surface area contributed by atoms with Crippen LogP contribution in [0.4, 0.5) is 0 Å². The monoisotopic (exact) mass is 326 g/mol. The smallest absolute Gasteiger partial charge is 0.251 e. The highest BCUT2D eigenvalue weighted by atomic mass is 32.2. The molecule has 2 N–H and O–H groups in total. The highest BCUT2D eigenvalue weighted by molar-refractivity contribution is 7.89. The van der Waals surface area contributed by atoms with Crippen molar-refractivity contribution in [3.63, 3.8) is 0 Å². The third kappa shape index (κ3) is 5.77. The summed E-state index contributed by atoms with van der Waals surface area (Å²) in [5, 5.41) is 2.91. The van der Waals surface area contributed by atoms with Crippen molar-refractivity contribution in [2.24, 2.45) is 0 Å². The Morgan fingerprint density at radius 2 is 1.95 bits per heavy atom. The molecule has 1 atom stereocenters. The highest BCUT2D eigenvalue weighted by Crippen LogP contribution is 2.12. The van der Waals surface area contributed by atoms with Gasteiger partial charge in [-0.15, -0.1) is 0 Å². The first kappa shape index (κ1) is 18.6. The van der Waals surface area contributed by atoms with Crippen molar-refractivity contribution in [1.29, 1.82) is 0 Å². The number of unbranched alkanes of at least 4 members (excludes halogenated alkanes) is 2. The van der Waals surface area contributed by atoms with Gasteiger partial charge in [0.1, 0.15) is 0 Å². The van der Waals surface area contributed by atoms with E-state index >= 15 is 0 Å². The molecule has 5 nitrogen and oxygen atoms in total. The largest absolute Gasteiger partial charge is 0.350 e. The van der Waals surface area contributed by atoms with Crippen LogP contribution in [0.1, 0.15) is 56.8 Å². The Labute approximate surface area is 133 Å². The third-order valence-corrected chi connectivity index (χ3v) is 4.90. The maximum atomic E-state index is 12.2. The zero-order valence-electron chi connectivity index (χ0n) is 13.6. The molecule has 0 aliphatic carbocycles. The molecule has 0 radical (unpaired) electrons. The van der Waals surface area contributed by atoms with Gasteiger partial charge in [0.05, 0.1) is 4.90 Å². The fourth-order valence-corrected chi connectivity index (χ4v) is 3.24. The molecular weight excluding hydrogens is 300 g/mol. The highest BCUT2D eigenvalue weighted by Gasteiger charge is 2.16. The lowest BCUT2D eigenvalue weighted by Crippen LogP contribution is -2.32. The van der Waals surface area contributed by atoms with Crippen molar-refractivity contribution >= 4 is 15.9 Å². The molecule has 1 amide bonds. The number of nitrogens with one attached hydrogen (secondary N) is 2. The second-order valence-corrected chi connectivity index (χ2v) is 7.17. The van der Waals surface area contributed by atoms with Crippen molar-refractivity contribution in [2.75, 3.05) is 6.54 Å². The average molecular weight is 326 g/mol. The van der Waals surface area contributed by atoms with Crippen molar-refractivity contribution in [1.82, 2.24) is 10.0 Å². The fraction of sp³-hybridized carbons (Fsp3) is 0.562. The minimum Gasteiger partial charge on any atom is -0.350 e. The van der Waals surface area contributed by atoms with Crippen LogP contribution in [0.25, 0.3) is 0 Å². The van der Waals surface area contributed by atoms with Crippen LogP contribution < -0.4 is 10.0 Å². The standard InChI is InChI=1S/C16H26N2O3S/c1-4-6-7-9-13(3)18-16(19)14-10-8-11-15(12-14)22(20,21)17-5-2/h8,10-13,17H,4-7,9H2,1-3H3,(H,18,19). The maximum absolute atomic E-state index is 12.2. The van der Waals surface area contributed by atoms with E-state index in [2.05, 4.69) is 17.0 Å². The van der Waals surface area contributed by atoms with Crippen LogP contribution in [0.5, 0.6) is 0 Å². The predicted molar refractivity (Wildman–Crippen MR) is 88.4 cm³/mol. The summed E-state index contributed by atoms with van der Waals surface area (Å²) in [5.41, 5.74) is 0.362. The van der Waals surface area contributed by atoms with Crippen LogP contribution in [-0.2, 0) is 10.0 Å². The Morgan fingerprint density at radius 1 is 1.23 bits per heavy atom. The van der Waals surface area contributed by atoms with Crippen molar-refractivity contribution < 1.29 is 13.2 Å². The number of benzene rings is 1. The van der Waals surface area contributed by atoms with Crippen LogP contribution in [0.2, 0.25) is 0 Å². The molecule has 0 bridgehead atoms. The molecule has 0 saturated carbocycles. The topological polar surface area (TPSA) is 75.3 Å². The Hall–Kier alpha value is -1.40. The second kappa shape index (κ2) is 8.90. The Kier molecular flexibility index (Phi) is 7.55. The summed E-state index contributed by atoms with van der Waals surface area (Å²) < 4.78 is 26.3. The molecule has 22 heavy (non-hydrogen) atoms. The molecule has 0 aliphatic heterocycles. The predicted octanol–water partition coefficient (Wildman–Crippen LogP) is 2.68. The lowest BCUT2D eigenvalue weighted by molar-refractivity contribution is 0.0937. The number of carbonyl (C=O) groups is 1. The summed E-state index contributed by atoms with van der Waals surface area (Å²) in [6.07, 6.45) is 4.30. The molecule has 0 fully saturated rings. The molecule has 0 spiro atoms. The van der Waals surface area contributed by atoms with Crippen LogP contribution in [0, 0.1) is 0 Å². The van der Waals surface area contributed by atoms with E-state index in [0.717, 1.165) is 25.7 Å². The van der Waals surface area contributed by atoms with E-state index in [9.17, 15) is 13.2 Å². The van der Waals surface area contributed by atoms with Gasteiger partial charge in [0, 0.05) is 18.2 Å². The van der Waals surface area contributed by atoms with Gasteiger partial charge in [-0.2, -0.15) is 0 Å². The van der Waals surface area contributed by atoms with E-state index in [-0.39, 0.29) is 16.8 Å². The molecule has 124 valence electrons. The van der Waals surface area contributed by atoms with Gasteiger partial charge in [0.15, 0.2) is 0 Å². The number of amides is 1. The molecule has 0 saturated heterocycles. The van der Waals surface area contributed by atoms with Gasteiger partial charge in [-0.1, -0.05) is 39.2 Å². The zero-order valence-corrected chi connectivity index (χ0v) is 14.4. The Balaban J connectivity index is 2.74. The summed E-state index contributed by atoms with van der Waals surface area (Å²) in [5.74, 6) is -0.238. The molecule has 6 heteroatoms. The average Bonchev–Trinajstić information content (AvgIpc) is 2.47. The Morgan fingerprint density at radius 3 is 2.59 bits per heavy atom. The van der Waals surface area contributed by atoms with Gasteiger partial charge in [0.2, 0.25) is 10.0 Å². The molecule has 0 heterocycles. The first-order valence-corrected chi connectivity index (χ1v) is 9.29. The van der Waals surface area contributed by atoms with Crippen LogP contribution in [-0.4, -0.2) is 26.9 Å². The van der Waals surface area contributed by atoms with Gasteiger partial charge in [-0.3, -0.25) is 4.79 Å². The van der Waals surface area contributed by atoms with Gasteiger partial charge in [-0.05, 0) is 31.5 Å². The first-order chi connectivity index (χ1) is 10.4. The van der Waals surface area contributed by atoms with Crippen LogP contribution in [0.15, 0.2) is 29.2 Å². The summed E-state index contributed by atoms with van der Waals surface area (Å²) in [7, 11) is -3.54. The summed E-state index contributed by atoms with van der Waals surface area (Å²) >= 11 is 0. The molecule has 0 aliphatic rings. The molecular formula is C16H26N2O3S. The van der Waals surface area contributed by atoms with Crippen molar-refractivity contribution in [2.45, 2.75) is 57.4 Å². The summed E-state index contributed by atoms with van der Waals surface area (Å²) in [4.78, 5) is 12.3. The van der Waals surface area contributed by atoms with E-state index in [0.29, 0.717) is 12.1 Å². The van der Waals surface area contributed by atoms with Gasteiger partial charge in [-0.25, -0.2) is 13.1 Å². The van der Waals surface area contributed by atoms with Crippen molar-refractivity contribution in [3.8, 4) is 0 Å². The lowest BCUT2D eigenvalue weighted by atomic mass is 10.1. The van der Waals surface area contributed by atoms with Crippen LogP contribution >= 0.6 is 0 Å². The lowest BCUT2D eigenvalue weighted by Gasteiger charge is -2.14. The van der Waals surface area contributed by atoms with E-state index in [1.165, 1.54) is 12.1 Å². The summed E-state index contributed by atoms with van der Waals surface area (Å²) in [6, 6.07) is 6.18. The maximum Gasteiger partial charge on any atom is 0.251 e. The quantitative estimate of drug-likeness (QED) is 0.685. The minimum absolute atomic E-state index is 0.0769. The third-order valence-electron chi connectivity index (χ3n) is 3.36. The number of rotatable bonds is 9. The first-order valence-electron chi connectivity index (χ1n) is 7.81. The Bertz CT molecular complexity index is 585. The number of sulfonamides is 1. The second-order valence-electron chi connectivity index (χ2n) is 5.40. The van der Waals surface area contributed by atoms with E-state index in [4.69, 9.17) is 0 Å². The van der Waals surface area contributed by atoms with Gasteiger partial charge in [0.25, 0.3) is 5.91 Å². The molecule has 1 aromatic carbocycles. The van der Waals surface area contributed by atoms with Gasteiger partial charge < -0.3 is 5.32 Å². The van der Waals surface area contributed by atoms with Crippen LogP contribution in [0.3, 0.4) is 0 Å². The summed E-state index contributed by atoms with van der Waals surface area (Å²) in [6.45, 7) is 6.13. The molecule has 1 unspecified atom stereocenters. The zero-order chi connectivity index (χ0) is 16.6. The fourth-order valence-electron chi connectivity index (χ4n) is 2.16. The van der Waals surface area contributed by atoms with Gasteiger partial charge >= 0.3 is 0 Å². The van der Waals surface area contributed by atoms with E-state index in [1.54, 1.807) is 19.1 Å². The molecule has 0 aromatic heterocycles. The molecule has 1 rings (SSSR count). The number of hydrogen-bond donors (Lipinski definition) is 2.